The number of nitrogens with zero attached hydrogens (tertiary/aromatic N) is 3. The van der Waals surface area contributed by atoms with Gasteiger partial charge in [0.05, 0.1) is 13.2 Å². The van der Waals surface area contributed by atoms with Crippen molar-refractivity contribution >= 4 is 23.4 Å². The summed E-state index contributed by atoms with van der Waals surface area (Å²) in [4.78, 5) is 43.4. The molecule has 0 aliphatic carbocycles. The van der Waals surface area contributed by atoms with Crippen molar-refractivity contribution < 1.29 is 29.0 Å². The molecule has 2 unspecified atom stereocenters. The average molecular weight is 715 g/mol. The Balaban J connectivity index is 0.780. The van der Waals surface area contributed by atoms with Crippen molar-refractivity contribution in [1.29, 1.82) is 0 Å². The van der Waals surface area contributed by atoms with Crippen molar-refractivity contribution in [3.8, 4) is 17.2 Å². The van der Waals surface area contributed by atoms with Crippen molar-refractivity contribution in [1.82, 2.24) is 15.1 Å². The molecule has 4 aliphatic heterocycles. The molecule has 3 atom stereocenters. The molecule has 4 aliphatic rings. The van der Waals surface area contributed by atoms with Gasteiger partial charge in [0.1, 0.15) is 23.3 Å². The van der Waals surface area contributed by atoms with Crippen LogP contribution >= 0.6 is 0 Å². The number of hydrogen-bond acceptors (Lipinski definition) is 8. The highest BCUT2D eigenvalue weighted by Gasteiger charge is 2.39. The number of hydrogen-bond donors (Lipinski definition) is 2. The van der Waals surface area contributed by atoms with Crippen molar-refractivity contribution in [2.24, 2.45) is 0 Å². The van der Waals surface area contributed by atoms with Crippen LogP contribution in [0.5, 0.6) is 17.2 Å². The van der Waals surface area contributed by atoms with Crippen LogP contribution in [0.2, 0.25) is 0 Å². The van der Waals surface area contributed by atoms with E-state index in [0.29, 0.717) is 31.7 Å². The maximum Gasteiger partial charge on any atom is 0.255 e. The molecule has 0 bridgehead atoms. The van der Waals surface area contributed by atoms with Crippen LogP contribution in [0.4, 0.5) is 5.69 Å². The molecule has 3 amide bonds. The summed E-state index contributed by atoms with van der Waals surface area (Å²) in [6.45, 7) is 6.67. The van der Waals surface area contributed by atoms with Crippen LogP contribution in [0.3, 0.4) is 0 Å². The van der Waals surface area contributed by atoms with E-state index < -0.39 is 11.9 Å². The van der Waals surface area contributed by atoms with Crippen LogP contribution in [0.15, 0.2) is 91.0 Å². The fourth-order valence-corrected chi connectivity index (χ4v) is 8.37. The summed E-state index contributed by atoms with van der Waals surface area (Å²) >= 11 is 0. The molecule has 4 aromatic carbocycles. The van der Waals surface area contributed by atoms with Crippen LogP contribution in [-0.4, -0.2) is 84.6 Å². The fourth-order valence-electron chi connectivity index (χ4n) is 8.37. The Labute approximate surface area is 310 Å². The second-order valence-electron chi connectivity index (χ2n) is 14.6. The summed E-state index contributed by atoms with van der Waals surface area (Å²) in [7, 11) is 0. The number of amides is 3. The zero-order valence-corrected chi connectivity index (χ0v) is 29.9. The van der Waals surface area contributed by atoms with Gasteiger partial charge >= 0.3 is 0 Å². The molecule has 2 saturated heterocycles. The number of carbonyl (C=O) groups excluding carboxylic acids is 3. The Kier molecular flexibility index (Phi) is 10.0. The van der Waals surface area contributed by atoms with Gasteiger partial charge in [-0.3, -0.25) is 24.6 Å². The van der Waals surface area contributed by atoms with Gasteiger partial charge in [-0.2, -0.15) is 0 Å². The van der Waals surface area contributed by atoms with Gasteiger partial charge in [0, 0.05) is 73.9 Å². The lowest BCUT2D eigenvalue weighted by Gasteiger charge is -2.37. The molecule has 0 saturated carbocycles. The zero-order valence-electron chi connectivity index (χ0n) is 29.9. The number of imide groups is 1. The first-order valence-corrected chi connectivity index (χ1v) is 18.9. The number of ether oxygens (including phenoxy) is 2. The maximum absolute atomic E-state index is 13.0. The van der Waals surface area contributed by atoms with Crippen molar-refractivity contribution in [2.45, 2.75) is 56.5 Å². The zero-order chi connectivity index (χ0) is 36.3. The fraction of sp³-hybridized carbons (Fsp3) is 0.372. The van der Waals surface area contributed by atoms with Crippen LogP contribution in [0.25, 0.3) is 0 Å². The third kappa shape index (κ3) is 7.46. The van der Waals surface area contributed by atoms with E-state index in [-0.39, 0.29) is 35.8 Å². The normalized spacial score (nSPS) is 21.5. The number of piperidine rings is 1. The summed E-state index contributed by atoms with van der Waals surface area (Å²) in [5, 5.41) is 12.5. The Hall–Kier alpha value is -5.35. The molecule has 2 N–H and O–H groups in total. The van der Waals surface area contributed by atoms with E-state index in [1.165, 1.54) is 16.8 Å². The van der Waals surface area contributed by atoms with E-state index in [9.17, 15) is 19.5 Å². The molecule has 0 radical (unpaired) electrons. The van der Waals surface area contributed by atoms with E-state index in [1.807, 2.05) is 24.3 Å². The van der Waals surface area contributed by atoms with Gasteiger partial charge in [0.15, 0.2) is 0 Å². The number of phenolic OH excluding ortho intramolecular Hbond substituents is 1. The highest BCUT2D eigenvalue weighted by Crippen LogP contribution is 2.47. The van der Waals surface area contributed by atoms with Gasteiger partial charge in [-0.25, -0.2) is 0 Å². The molecule has 0 aromatic heterocycles. The van der Waals surface area contributed by atoms with Crippen LogP contribution in [0.1, 0.15) is 76.6 Å². The molecule has 4 aromatic rings. The number of carbonyl (C=O) groups is 3. The lowest BCUT2D eigenvalue weighted by molar-refractivity contribution is -0.136. The summed E-state index contributed by atoms with van der Waals surface area (Å²) in [5.74, 6) is 1.18. The molecule has 8 rings (SSSR count). The summed E-state index contributed by atoms with van der Waals surface area (Å²) in [6, 6.07) is 30.0. The number of anilines is 1. The predicted molar refractivity (Wildman–Crippen MR) is 202 cm³/mol. The second kappa shape index (κ2) is 15.3. The Morgan fingerprint density at radius 2 is 1.64 bits per heavy atom. The van der Waals surface area contributed by atoms with E-state index in [2.05, 4.69) is 63.6 Å². The molecular formula is C43H46N4O6. The van der Waals surface area contributed by atoms with Crippen LogP contribution in [0, 0.1) is 0 Å². The minimum Gasteiger partial charge on any atom is -0.508 e. The number of phenols is 1. The first-order chi connectivity index (χ1) is 25.9. The SMILES string of the molecule is O=C1CCC(N2Cc3cc(OCCCCCN4CCN(c5ccc([C@@H]6c7ccc(O)cc7OCC6c6ccccc6)cc5)CC4)ccc3C2=O)C(=O)N1. The standard InChI is InChI=1S/C43H46N4O6/c48-33-13-15-36-39(26-33)53-28-37(29-7-3-1-4-8-29)41(36)30-9-11-32(12-10-30)46-22-20-45(21-23-46)19-5-2-6-24-52-34-14-16-35-31(25-34)27-47(43(35)51)38-17-18-40(49)44-42(38)50/h1,3-4,7-16,25-26,37-38,41,48H,2,5-6,17-24,27-28H2,(H,44,49,50)/t37?,38?,41-/m1/s1. The van der Waals surface area contributed by atoms with Gasteiger partial charge in [-0.1, -0.05) is 48.5 Å². The first-order valence-electron chi connectivity index (χ1n) is 18.9. The smallest absolute Gasteiger partial charge is 0.255 e. The maximum atomic E-state index is 13.0. The van der Waals surface area contributed by atoms with E-state index in [4.69, 9.17) is 9.47 Å². The third-order valence-electron chi connectivity index (χ3n) is 11.3. The average Bonchev–Trinajstić information content (AvgIpc) is 3.51. The molecule has 0 spiro atoms. The Morgan fingerprint density at radius 3 is 2.43 bits per heavy atom. The molecule has 53 heavy (non-hydrogen) atoms. The largest absolute Gasteiger partial charge is 0.508 e. The predicted octanol–water partition coefficient (Wildman–Crippen LogP) is 5.83. The van der Waals surface area contributed by atoms with Gasteiger partial charge in [-0.15, -0.1) is 0 Å². The van der Waals surface area contributed by atoms with Gasteiger partial charge in [0.2, 0.25) is 11.8 Å². The number of piperazine rings is 1. The highest BCUT2D eigenvalue weighted by atomic mass is 16.5. The second-order valence-corrected chi connectivity index (χ2v) is 14.6. The molecule has 4 heterocycles. The van der Waals surface area contributed by atoms with E-state index in [0.717, 1.165) is 74.6 Å². The van der Waals surface area contributed by atoms with Crippen LogP contribution in [-0.2, 0) is 16.1 Å². The lowest BCUT2D eigenvalue weighted by atomic mass is 9.76. The minimum atomic E-state index is -0.611. The monoisotopic (exact) mass is 714 g/mol. The summed E-state index contributed by atoms with van der Waals surface area (Å²) in [6.07, 6.45) is 3.75. The number of aromatic hydroxyl groups is 1. The number of nitrogens with one attached hydrogen (secondary N) is 1. The van der Waals surface area contributed by atoms with Gasteiger partial charge in [0.25, 0.3) is 5.91 Å². The molecular weight excluding hydrogens is 668 g/mol. The minimum absolute atomic E-state index is 0.134. The van der Waals surface area contributed by atoms with Crippen LogP contribution < -0.4 is 19.7 Å². The molecule has 2 fully saturated rings. The number of benzene rings is 4. The Morgan fingerprint density at radius 1 is 0.830 bits per heavy atom. The molecule has 10 nitrogen and oxygen atoms in total. The third-order valence-corrected chi connectivity index (χ3v) is 11.3. The Bertz CT molecular complexity index is 1960. The van der Waals surface area contributed by atoms with Crippen molar-refractivity contribution in [3.63, 3.8) is 0 Å². The number of unbranched alkanes of at least 4 members (excludes halogenated alkanes) is 2. The summed E-state index contributed by atoms with van der Waals surface area (Å²) in [5.41, 5.74) is 6.32. The van der Waals surface area contributed by atoms with E-state index >= 15 is 0 Å². The number of fused-ring (bicyclic) bond motifs is 2. The highest BCUT2D eigenvalue weighted by molar-refractivity contribution is 6.05. The first kappa shape index (κ1) is 34.7. The lowest BCUT2D eigenvalue weighted by Crippen LogP contribution is -2.52. The number of rotatable bonds is 11. The quantitative estimate of drug-likeness (QED) is 0.148. The van der Waals surface area contributed by atoms with Gasteiger partial charge in [-0.05, 0) is 85.3 Å². The van der Waals surface area contributed by atoms with Crippen molar-refractivity contribution in [2.75, 3.05) is 50.8 Å². The molecule has 10 heteroatoms. The van der Waals surface area contributed by atoms with Crippen molar-refractivity contribution in [3.05, 3.63) is 119 Å². The summed E-state index contributed by atoms with van der Waals surface area (Å²) < 4.78 is 12.2. The van der Waals surface area contributed by atoms with E-state index in [1.54, 1.807) is 23.1 Å². The van der Waals surface area contributed by atoms with Gasteiger partial charge < -0.3 is 24.4 Å². The molecule has 274 valence electrons. The topological polar surface area (TPSA) is 112 Å².